The van der Waals surface area contributed by atoms with Gasteiger partial charge in [0.2, 0.25) is 0 Å². The van der Waals surface area contributed by atoms with Crippen molar-refractivity contribution in [3.05, 3.63) is 68.4 Å². The number of nitrogens with two attached hydrogens (primary N) is 1. The Labute approximate surface area is 128 Å². The first-order valence-corrected chi connectivity index (χ1v) is 7.45. The summed E-state index contributed by atoms with van der Waals surface area (Å²) in [5, 5.41) is 0. The fraction of sp³-hybridized carbons (Fsp3) is 0.294. The van der Waals surface area contributed by atoms with Gasteiger partial charge in [-0.15, -0.1) is 0 Å². The summed E-state index contributed by atoms with van der Waals surface area (Å²) in [5.74, 6) is -0.261. The van der Waals surface area contributed by atoms with Crippen molar-refractivity contribution in [2.45, 2.75) is 33.2 Å². The van der Waals surface area contributed by atoms with E-state index in [4.69, 9.17) is 5.73 Å². The first-order chi connectivity index (χ1) is 9.38. The van der Waals surface area contributed by atoms with Crippen LogP contribution in [0, 0.1) is 26.6 Å². The molecule has 0 saturated carbocycles. The lowest BCUT2D eigenvalue weighted by atomic mass is 9.92. The van der Waals surface area contributed by atoms with Crippen molar-refractivity contribution in [2.75, 3.05) is 0 Å². The van der Waals surface area contributed by atoms with Crippen LogP contribution in [0.4, 0.5) is 4.39 Å². The van der Waals surface area contributed by atoms with Crippen molar-refractivity contribution < 1.29 is 4.39 Å². The molecule has 0 bridgehead atoms. The number of rotatable bonds is 3. The van der Waals surface area contributed by atoms with Crippen LogP contribution in [-0.4, -0.2) is 0 Å². The first kappa shape index (κ1) is 15.2. The van der Waals surface area contributed by atoms with Crippen molar-refractivity contribution in [3.63, 3.8) is 0 Å². The van der Waals surface area contributed by atoms with E-state index in [1.54, 1.807) is 12.1 Å². The summed E-state index contributed by atoms with van der Waals surface area (Å²) >= 11 is 3.21. The fourth-order valence-electron chi connectivity index (χ4n) is 2.61. The second kappa shape index (κ2) is 6.06. The lowest BCUT2D eigenvalue weighted by molar-refractivity contribution is 0.617. The third-order valence-electron chi connectivity index (χ3n) is 3.64. The molecular weight excluding hydrogens is 317 g/mol. The van der Waals surface area contributed by atoms with Crippen LogP contribution >= 0.6 is 15.9 Å². The van der Waals surface area contributed by atoms with E-state index >= 15 is 0 Å². The Kier molecular flexibility index (Phi) is 4.61. The Morgan fingerprint density at radius 1 is 1.10 bits per heavy atom. The maximum absolute atomic E-state index is 13.3. The molecule has 0 saturated heterocycles. The molecule has 0 amide bonds. The van der Waals surface area contributed by atoms with E-state index in [1.807, 2.05) is 0 Å². The summed E-state index contributed by atoms with van der Waals surface area (Å²) < 4.78 is 13.7. The minimum absolute atomic E-state index is 0.132. The molecule has 2 N–H and O–H groups in total. The molecule has 0 radical (unpaired) electrons. The van der Waals surface area contributed by atoms with E-state index in [0.717, 1.165) is 12.0 Å². The Hall–Kier alpha value is -1.19. The SMILES string of the molecule is Cc1cc(C)c(CC(N)c2ccc(F)c(Br)c2)c(C)c1. The smallest absolute Gasteiger partial charge is 0.137 e. The fourth-order valence-corrected chi connectivity index (χ4v) is 3.01. The van der Waals surface area contributed by atoms with Crippen LogP contribution in [0.2, 0.25) is 0 Å². The van der Waals surface area contributed by atoms with Gasteiger partial charge in [0.15, 0.2) is 0 Å². The number of hydrogen-bond donors (Lipinski definition) is 1. The van der Waals surface area contributed by atoms with Gasteiger partial charge in [0.05, 0.1) is 4.47 Å². The summed E-state index contributed by atoms with van der Waals surface area (Å²) in [7, 11) is 0. The van der Waals surface area contributed by atoms with Crippen molar-refractivity contribution >= 4 is 15.9 Å². The van der Waals surface area contributed by atoms with Gasteiger partial charge in [-0.25, -0.2) is 4.39 Å². The molecule has 2 aromatic carbocycles. The maximum Gasteiger partial charge on any atom is 0.137 e. The quantitative estimate of drug-likeness (QED) is 0.860. The third-order valence-corrected chi connectivity index (χ3v) is 4.24. The minimum atomic E-state index is -0.261. The van der Waals surface area contributed by atoms with Crippen LogP contribution in [0.25, 0.3) is 0 Å². The maximum atomic E-state index is 13.3. The lowest BCUT2D eigenvalue weighted by Crippen LogP contribution is -2.15. The van der Waals surface area contributed by atoms with E-state index in [0.29, 0.717) is 4.47 Å². The molecule has 0 spiro atoms. The molecule has 1 nitrogen and oxygen atoms in total. The van der Waals surface area contributed by atoms with Gasteiger partial charge in [-0.2, -0.15) is 0 Å². The van der Waals surface area contributed by atoms with Gasteiger partial charge in [-0.05, 0) is 77.5 Å². The normalized spacial score (nSPS) is 12.5. The highest BCUT2D eigenvalue weighted by Gasteiger charge is 2.12. The van der Waals surface area contributed by atoms with Gasteiger partial charge in [0.1, 0.15) is 5.82 Å². The van der Waals surface area contributed by atoms with Crippen LogP contribution < -0.4 is 5.73 Å². The molecule has 2 rings (SSSR count). The molecule has 0 aliphatic rings. The Morgan fingerprint density at radius 3 is 2.25 bits per heavy atom. The molecular formula is C17H19BrFN. The molecule has 1 atom stereocenters. The van der Waals surface area contributed by atoms with Gasteiger partial charge < -0.3 is 5.73 Å². The summed E-state index contributed by atoms with van der Waals surface area (Å²) in [6.07, 6.45) is 0.760. The summed E-state index contributed by atoms with van der Waals surface area (Å²) in [4.78, 5) is 0. The van der Waals surface area contributed by atoms with Gasteiger partial charge in [-0.3, -0.25) is 0 Å². The molecule has 0 aliphatic carbocycles. The van der Waals surface area contributed by atoms with Crippen LogP contribution in [0.3, 0.4) is 0 Å². The van der Waals surface area contributed by atoms with Crippen LogP contribution in [0.5, 0.6) is 0 Å². The molecule has 106 valence electrons. The zero-order chi connectivity index (χ0) is 14.9. The largest absolute Gasteiger partial charge is 0.324 e. The molecule has 3 heteroatoms. The second-order valence-corrected chi connectivity index (χ2v) is 6.22. The number of benzene rings is 2. The van der Waals surface area contributed by atoms with E-state index in [-0.39, 0.29) is 11.9 Å². The predicted molar refractivity (Wildman–Crippen MR) is 85.4 cm³/mol. The minimum Gasteiger partial charge on any atom is -0.324 e. The van der Waals surface area contributed by atoms with E-state index < -0.39 is 0 Å². The van der Waals surface area contributed by atoms with Gasteiger partial charge in [0.25, 0.3) is 0 Å². The van der Waals surface area contributed by atoms with Gasteiger partial charge in [0, 0.05) is 6.04 Å². The van der Waals surface area contributed by atoms with Crippen molar-refractivity contribution in [2.24, 2.45) is 5.73 Å². The highest BCUT2D eigenvalue weighted by molar-refractivity contribution is 9.10. The van der Waals surface area contributed by atoms with E-state index in [1.165, 1.54) is 28.3 Å². The topological polar surface area (TPSA) is 26.0 Å². The molecule has 0 heterocycles. The zero-order valence-corrected chi connectivity index (χ0v) is 13.6. The lowest BCUT2D eigenvalue weighted by Gasteiger charge is -2.17. The molecule has 2 aromatic rings. The number of aryl methyl sites for hydroxylation is 3. The summed E-state index contributed by atoms with van der Waals surface area (Å²) in [5.41, 5.74) is 12.3. The Balaban J connectivity index is 2.27. The van der Waals surface area contributed by atoms with Crippen LogP contribution in [0.15, 0.2) is 34.8 Å². The van der Waals surface area contributed by atoms with Crippen molar-refractivity contribution in [1.82, 2.24) is 0 Å². The van der Waals surface area contributed by atoms with Crippen LogP contribution in [-0.2, 0) is 6.42 Å². The highest BCUT2D eigenvalue weighted by atomic mass is 79.9. The predicted octanol–water partition coefficient (Wildman–Crippen LogP) is 4.76. The molecule has 1 unspecified atom stereocenters. The standard InChI is InChI=1S/C17H19BrFN/c1-10-6-11(2)14(12(3)7-10)9-17(20)13-4-5-16(19)15(18)8-13/h4-8,17H,9,20H2,1-3H3. The average Bonchev–Trinajstić information content (AvgIpc) is 2.36. The van der Waals surface area contributed by atoms with E-state index in [2.05, 4.69) is 48.8 Å². The summed E-state index contributed by atoms with van der Waals surface area (Å²) in [6, 6.07) is 9.19. The van der Waals surface area contributed by atoms with Gasteiger partial charge >= 0.3 is 0 Å². The second-order valence-electron chi connectivity index (χ2n) is 5.36. The molecule has 0 fully saturated rings. The molecule has 0 aromatic heterocycles. The number of halogens is 2. The Bertz CT molecular complexity index is 614. The van der Waals surface area contributed by atoms with Gasteiger partial charge in [-0.1, -0.05) is 23.8 Å². The van der Waals surface area contributed by atoms with Crippen molar-refractivity contribution in [3.8, 4) is 0 Å². The summed E-state index contributed by atoms with van der Waals surface area (Å²) in [6.45, 7) is 6.33. The van der Waals surface area contributed by atoms with E-state index in [9.17, 15) is 4.39 Å². The van der Waals surface area contributed by atoms with Crippen molar-refractivity contribution in [1.29, 1.82) is 0 Å². The Morgan fingerprint density at radius 2 is 1.70 bits per heavy atom. The molecule has 20 heavy (non-hydrogen) atoms. The monoisotopic (exact) mass is 335 g/mol. The third kappa shape index (κ3) is 3.28. The highest BCUT2D eigenvalue weighted by Crippen LogP contribution is 2.25. The average molecular weight is 336 g/mol. The number of hydrogen-bond acceptors (Lipinski definition) is 1. The first-order valence-electron chi connectivity index (χ1n) is 6.65. The van der Waals surface area contributed by atoms with Crippen LogP contribution in [0.1, 0.15) is 33.9 Å². The zero-order valence-electron chi connectivity index (χ0n) is 12.0. The molecule has 0 aliphatic heterocycles.